The quantitative estimate of drug-likeness (QED) is 0.124. The summed E-state index contributed by atoms with van der Waals surface area (Å²) in [4.78, 5) is 34.6. The molecule has 3 rings (SSSR count). The molecular formula is C16H24N3O13P2+. The Kier molecular flexibility index (Phi) is 8.35. The van der Waals surface area contributed by atoms with Gasteiger partial charge in [0.2, 0.25) is 5.85 Å². The first-order valence-corrected chi connectivity index (χ1v) is 12.5. The lowest BCUT2D eigenvalue weighted by Crippen LogP contribution is -2.41. The molecule has 1 aliphatic heterocycles. The van der Waals surface area contributed by atoms with Crippen LogP contribution in [0.4, 0.5) is 5.82 Å². The maximum atomic E-state index is 12.2. The first-order valence-electron chi connectivity index (χ1n) is 9.72. The van der Waals surface area contributed by atoms with Crippen LogP contribution in [0.1, 0.15) is 12.6 Å². The van der Waals surface area contributed by atoms with Crippen LogP contribution in [0.5, 0.6) is 0 Å². The van der Waals surface area contributed by atoms with Crippen molar-refractivity contribution in [2.75, 3.05) is 12.3 Å². The third-order valence-electron chi connectivity index (χ3n) is 5.19. The Labute approximate surface area is 192 Å². The zero-order chi connectivity index (χ0) is 25.4. The number of nitrogens with zero attached hydrogens (tertiary/aromatic N) is 2. The normalized spacial score (nSPS) is 33.4. The summed E-state index contributed by atoms with van der Waals surface area (Å²) in [6, 6.07) is 1.26. The van der Waals surface area contributed by atoms with Crippen molar-refractivity contribution in [1.29, 1.82) is 0 Å². The summed E-state index contributed by atoms with van der Waals surface area (Å²) in [6.45, 7) is -0.683. The van der Waals surface area contributed by atoms with Crippen molar-refractivity contribution >= 4 is 21.7 Å². The van der Waals surface area contributed by atoms with Crippen molar-refractivity contribution in [3.8, 4) is 0 Å². The predicted octanol–water partition coefficient (Wildman–Crippen LogP) is -2.95. The van der Waals surface area contributed by atoms with Gasteiger partial charge in [0.1, 0.15) is 42.9 Å². The van der Waals surface area contributed by atoms with Crippen LogP contribution in [0, 0.1) is 0 Å². The highest BCUT2D eigenvalue weighted by molar-refractivity contribution is 7.53. The van der Waals surface area contributed by atoms with Crippen molar-refractivity contribution in [2.24, 2.45) is 0 Å². The summed E-state index contributed by atoms with van der Waals surface area (Å²) in [6.07, 6.45) is -9.16. The highest BCUT2D eigenvalue weighted by atomic mass is 31.2. The monoisotopic (exact) mass is 528 g/mol. The SMILES string of the molecule is Nc1ccn([C@@H]2O[C@H](CO[P+](=O)O[C@@H](C3=CC(O)C(O)C(O)C3)P(=O)(O)O)[C@@H](O)[C@H]2O)c(=O)n1. The van der Waals surface area contributed by atoms with Crippen LogP contribution in [0.3, 0.4) is 0 Å². The second-order valence-electron chi connectivity index (χ2n) is 7.65. The standard InChI is InChI=1S/C16H23N3O13P2/c17-10-1-2-19(16(25)18-10)14-13(24)12(23)9(31-14)5-30-33(26)32-15(34(27,28)29)6-3-7(20)11(22)8(21)4-6/h1-3,7-9,11-15,20-24H,4-5H2,(H3-,17,18,25,27,28,29)/p+1/t7?,8?,9-,11?,12-,13-,14-,15-/m1/s1. The van der Waals surface area contributed by atoms with Gasteiger partial charge < -0.3 is 45.8 Å². The number of hydrogen-bond donors (Lipinski definition) is 8. The number of anilines is 1. The van der Waals surface area contributed by atoms with E-state index in [1.165, 1.54) is 12.3 Å². The van der Waals surface area contributed by atoms with Gasteiger partial charge in [-0.15, -0.1) is 4.52 Å². The Morgan fingerprint density at radius 3 is 2.50 bits per heavy atom. The van der Waals surface area contributed by atoms with Gasteiger partial charge in [-0.2, -0.15) is 4.98 Å². The van der Waals surface area contributed by atoms with Gasteiger partial charge in [0.15, 0.2) is 6.23 Å². The molecule has 1 aliphatic carbocycles. The van der Waals surface area contributed by atoms with E-state index in [-0.39, 0.29) is 11.4 Å². The van der Waals surface area contributed by atoms with Crippen molar-refractivity contribution < 1.29 is 58.2 Å². The Hall–Kier alpha value is -1.65. The number of aliphatic hydroxyl groups is 5. The average molecular weight is 528 g/mol. The molecule has 1 fully saturated rings. The van der Waals surface area contributed by atoms with Crippen LogP contribution in [0.15, 0.2) is 28.7 Å². The fourth-order valence-corrected chi connectivity index (χ4v) is 5.44. The van der Waals surface area contributed by atoms with E-state index in [2.05, 4.69) is 4.98 Å². The summed E-state index contributed by atoms with van der Waals surface area (Å²) >= 11 is 0. The van der Waals surface area contributed by atoms with E-state index in [1.807, 2.05) is 0 Å². The molecule has 18 heteroatoms. The molecule has 0 radical (unpaired) electrons. The van der Waals surface area contributed by atoms with Crippen LogP contribution in [-0.2, 0) is 22.9 Å². The molecule has 1 saturated heterocycles. The van der Waals surface area contributed by atoms with Gasteiger partial charge in [-0.25, -0.2) is 4.79 Å². The van der Waals surface area contributed by atoms with Gasteiger partial charge in [-0.3, -0.25) is 9.13 Å². The average Bonchev–Trinajstić information content (AvgIpc) is 3.01. The zero-order valence-corrected chi connectivity index (χ0v) is 19.0. The van der Waals surface area contributed by atoms with Crippen molar-refractivity contribution in [3.05, 3.63) is 34.4 Å². The number of aliphatic hydroxyl groups excluding tert-OH is 5. The maximum absolute atomic E-state index is 12.2. The number of aromatic nitrogens is 2. The Bertz CT molecular complexity index is 1050. The number of hydrogen-bond acceptors (Lipinski definition) is 13. The molecular weight excluding hydrogens is 504 g/mol. The van der Waals surface area contributed by atoms with Crippen LogP contribution in [0.25, 0.3) is 0 Å². The molecule has 190 valence electrons. The van der Waals surface area contributed by atoms with Gasteiger partial charge in [0, 0.05) is 17.2 Å². The lowest BCUT2D eigenvalue weighted by atomic mass is 9.92. The Morgan fingerprint density at radius 1 is 1.24 bits per heavy atom. The summed E-state index contributed by atoms with van der Waals surface area (Å²) < 4.78 is 40.1. The first-order chi connectivity index (χ1) is 15.8. The van der Waals surface area contributed by atoms with E-state index in [4.69, 9.17) is 19.5 Å². The van der Waals surface area contributed by atoms with Crippen molar-refractivity contribution in [3.63, 3.8) is 0 Å². The van der Waals surface area contributed by atoms with E-state index in [0.29, 0.717) is 0 Å². The van der Waals surface area contributed by atoms with Gasteiger partial charge in [-0.05, 0) is 11.6 Å². The number of nitrogen functional groups attached to an aromatic ring is 1. The largest absolute Gasteiger partial charge is 0.698 e. The Morgan fingerprint density at radius 2 is 1.91 bits per heavy atom. The van der Waals surface area contributed by atoms with Gasteiger partial charge >= 0.3 is 21.5 Å². The predicted molar refractivity (Wildman–Crippen MR) is 110 cm³/mol. The lowest BCUT2D eigenvalue weighted by molar-refractivity contribution is -0.0532. The van der Waals surface area contributed by atoms with E-state index in [9.17, 15) is 49.2 Å². The van der Waals surface area contributed by atoms with Crippen LogP contribution >= 0.6 is 15.9 Å². The highest BCUT2D eigenvalue weighted by Crippen LogP contribution is 2.51. The van der Waals surface area contributed by atoms with Gasteiger partial charge in [-0.1, -0.05) is 10.6 Å². The molecule has 9 atom stereocenters. The number of rotatable bonds is 8. The minimum absolute atomic E-state index is 0.0782. The summed E-state index contributed by atoms with van der Waals surface area (Å²) in [5.74, 6) is -2.24. The molecule has 9 N–H and O–H groups in total. The van der Waals surface area contributed by atoms with Crippen LogP contribution in [0.2, 0.25) is 0 Å². The van der Waals surface area contributed by atoms with E-state index in [0.717, 1.165) is 10.6 Å². The zero-order valence-electron chi connectivity index (χ0n) is 17.2. The highest BCUT2D eigenvalue weighted by Gasteiger charge is 2.48. The first kappa shape index (κ1) is 26.9. The van der Waals surface area contributed by atoms with Crippen LogP contribution < -0.4 is 11.4 Å². The third kappa shape index (κ3) is 5.94. The van der Waals surface area contributed by atoms with E-state index in [1.54, 1.807) is 0 Å². The summed E-state index contributed by atoms with van der Waals surface area (Å²) in [7, 11) is -8.39. The molecule has 16 nitrogen and oxygen atoms in total. The molecule has 0 aromatic carbocycles. The molecule has 0 spiro atoms. The fraction of sp³-hybridized carbons (Fsp3) is 0.625. The Balaban J connectivity index is 1.65. The number of nitrogens with two attached hydrogens (primary N) is 1. The second kappa shape index (κ2) is 10.5. The molecule has 2 heterocycles. The molecule has 0 saturated carbocycles. The fourth-order valence-electron chi connectivity index (χ4n) is 3.47. The van der Waals surface area contributed by atoms with Gasteiger partial charge in [0.25, 0.3) is 0 Å². The van der Waals surface area contributed by atoms with Gasteiger partial charge in [0.05, 0.1) is 6.10 Å². The van der Waals surface area contributed by atoms with Crippen molar-refractivity contribution in [1.82, 2.24) is 9.55 Å². The second-order valence-corrected chi connectivity index (χ2v) is 10.2. The minimum Gasteiger partial charge on any atom is -0.390 e. The van der Waals surface area contributed by atoms with E-state index < -0.39 is 83.3 Å². The molecule has 4 unspecified atom stereocenters. The molecule has 0 amide bonds. The van der Waals surface area contributed by atoms with Crippen molar-refractivity contribution in [2.45, 2.75) is 55.1 Å². The minimum atomic E-state index is -5.14. The maximum Gasteiger partial charge on any atom is 0.698 e. The summed E-state index contributed by atoms with van der Waals surface area (Å²) in [5.41, 5.74) is 4.22. The molecule has 1 aromatic heterocycles. The topological polar surface area (TPSA) is 264 Å². The molecule has 0 bridgehead atoms. The molecule has 2 aliphatic rings. The number of ether oxygens (including phenoxy) is 1. The molecule has 1 aromatic rings. The third-order valence-corrected chi connectivity index (χ3v) is 7.15. The van der Waals surface area contributed by atoms with Crippen LogP contribution in [-0.4, -0.2) is 93.9 Å². The molecule has 34 heavy (non-hydrogen) atoms. The smallest absolute Gasteiger partial charge is 0.390 e. The lowest BCUT2D eigenvalue weighted by Gasteiger charge is -2.29. The van der Waals surface area contributed by atoms with E-state index >= 15 is 0 Å². The summed E-state index contributed by atoms with van der Waals surface area (Å²) in [5, 5.41) is 49.4.